The normalized spacial score (nSPS) is 14.3. The highest BCUT2D eigenvalue weighted by Gasteiger charge is 2.28. The molecule has 3 aromatic rings. The lowest BCUT2D eigenvalue weighted by atomic mass is 10.1. The maximum absolute atomic E-state index is 13.2. The Balaban J connectivity index is 1.54. The van der Waals surface area contributed by atoms with Crippen molar-refractivity contribution in [3.8, 4) is 17.3 Å². The Morgan fingerprint density at radius 3 is 2.52 bits per heavy atom. The minimum Gasteiger partial charge on any atom is -0.506 e. The number of carbonyl (C=O) groups is 1. The second-order valence-electron chi connectivity index (χ2n) is 6.76. The number of phenolic OH excluding ortho intramolecular Hbond substituents is 1. The number of aromatic nitrogens is 2. The number of thioether (sulfide) groups is 1. The summed E-state index contributed by atoms with van der Waals surface area (Å²) in [6.07, 6.45) is 3.48. The van der Waals surface area contributed by atoms with E-state index in [-0.39, 0.29) is 11.7 Å². The van der Waals surface area contributed by atoms with Crippen molar-refractivity contribution in [1.82, 2.24) is 14.9 Å². The number of benzene rings is 1. The molecule has 1 aliphatic rings. The van der Waals surface area contributed by atoms with Crippen molar-refractivity contribution in [2.24, 2.45) is 0 Å². The molecule has 29 heavy (non-hydrogen) atoms. The number of amides is 1. The Kier molecular flexibility index (Phi) is 5.44. The predicted octanol–water partition coefficient (Wildman–Crippen LogP) is 3.43. The van der Waals surface area contributed by atoms with E-state index in [4.69, 9.17) is 4.42 Å². The SMILES string of the molecule is CSc1nc(-c2ccco2)nc(C)c1C(=O)N1CCN(c2ccccc2O)CC1. The molecular formula is C21H22N4O3S. The topological polar surface area (TPSA) is 82.7 Å². The van der Waals surface area contributed by atoms with Crippen LogP contribution in [0.2, 0.25) is 0 Å². The van der Waals surface area contributed by atoms with Crippen molar-refractivity contribution in [3.63, 3.8) is 0 Å². The number of hydrogen-bond donors (Lipinski definition) is 1. The highest BCUT2D eigenvalue weighted by Crippen LogP contribution is 2.29. The molecule has 0 unspecified atom stereocenters. The maximum Gasteiger partial charge on any atom is 0.258 e. The summed E-state index contributed by atoms with van der Waals surface area (Å²) in [5.41, 5.74) is 1.99. The summed E-state index contributed by atoms with van der Waals surface area (Å²) in [6.45, 7) is 4.28. The number of hydrogen-bond acceptors (Lipinski definition) is 7. The first-order valence-electron chi connectivity index (χ1n) is 9.37. The molecule has 0 radical (unpaired) electrons. The lowest BCUT2D eigenvalue weighted by molar-refractivity contribution is 0.0741. The highest BCUT2D eigenvalue weighted by molar-refractivity contribution is 7.98. The van der Waals surface area contributed by atoms with Gasteiger partial charge in [0.1, 0.15) is 10.8 Å². The Labute approximate surface area is 173 Å². The number of aromatic hydroxyl groups is 1. The molecule has 0 spiro atoms. The molecule has 0 bridgehead atoms. The smallest absolute Gasteiger partial charge is 0.258 e. The number of carbonyl (C=O) groups excluding carboxylic acids is 1. The summed E-state index contributed by atoms with van der Waals surface area (Å²) in [5, 5.41) is 10.7. The minimum atomic E-state index is -0.0604. The van der Waals surface area contributed by atoms with Gasteiger partial charge in [0.05, 0.1) is 23.2 Å². The fraction of sp³-hybridized carbons (Fsp3) is 0.286. The summed E-state index contributed by atoms with van der Waals surface area (Å²) in [4.78, 5) is 26.2. The lowest BCUT2D eigenvalue weighted by Gasteiger charge is -2.36. The third-order valence-electron chi connectivity index (χ3n) is 4.99. The Morgan fingerprint density at radius 1 is 1.10 bits per heavy atom. The van der Waals surface area contributed by atoms with Gasteiger partial charge in [-0.1, -0.05) is 12.1 Å². The van der Waals surface area contributed by atoms with Crippen LogP contribution in [-0.4, -0.2) is 58.3 Å². The lowest BCUT2D eigenvalue weighted by Crippen LogP contribution is -2.49. The molecule has 150 valence electrons. The van der Waals surface area contributed by atoms with Gasteiger partial charge in [0, 0.05) is 26.2 Å². The number of nitrogens with zero attached hydrogens (tertiary/aromatic N) is 4. The summed E-state index contributed by atoms with van der Waals surface area (Å²) in [6, 6.07) is 10.9. The molecule has 1 aromatic carbocycles. The minimum absolute atomic E-state index is 0.0604. The van der Waals surface area contributed by atoms with Gasteiger partial charge in [-0.05, 0) is 37.4 Å². The maximum atomic E-state index is 13.2. The van der Waals surface area contributed by atoms with Crippen molar-refractivity contribution < 1.29 is 14.3 Å². The molecular weight excluding hydrogens is 388 g/mol. The predicted molar refractivity (Wildman–Crippen MR) is 112 cm³/mol. The molecule has 7 nitrogen and oxygen atoms in total. The number of para-hydroxylation sites is 2. The van der Waals surface area contributed by atoms with Crippen LogP contribution in [0.5, 0.6) is 5.75 Å². The molecule has 1 N–H and O–H groups in total. The van der Waals surface area contributed by atoms with Crippen molar-refractivity contribution >= 4 is 23.4 Å². The molecule has 0 saturated carbocycles. The molecule has 1 saturated heterocycles. The first kappa shape index (κ1) is 19.3. The van der Waals surface area contributed by atoms with E-state index in [0.29, 0.717) is 54.0 Å². The van der Waals surface area contributed by atoms with Crippen LogP contribution in [0.3, 0.4) is 0 Å². The summed E-state index contributed by atoms with van der Waals surface area (Å²) >= 11 is 1.43. The third-order valence-corrected chi connectivity index (χ3v) is 5.68. The second kappa shape index (κ2) is 8.16. The van der Waals surface area contributed by atoms with Gasteiger partial charge < -0.3 is 19.3 Å². The quantitative estimate of drug-likeness (QED) is 0.521. The number of rotatable bonds is 4. The molecule has 1 fully saturated rings. The van der Waals surface area contributed by atoms with E-state index in [9.17, 15) is 9.90 Å². The average molecular weight is 410 g/mol. The monoisotopic (exact) mass is 410 g/mol. The van der Waals surface area contributed by atoms with Crippen molar-refractivity contribution in [2.75, 3.05) is 37.3 Å². The zero-order valence-corrected chi connectivity index (χ0v) is 17.1. The van der Waals surface area contributed by atoms with Crippen LogP contribution >= 0.6 is 11.8 Å². The number of piperazine rings is 1. The van der Waals surface area contributed by atoms with Gasteiger partial charge in [-0.2, -0.15) is 0 Å². The summed E-state index contributed by atoms with van der Waals surface area (Å²) in [7, 11) is 0. The summed E-state index contributed by atoms with van der Waals surface area (Å²) in [5.74, 6) is 1.26. The zero-order valence-electron chi connectivity index (χ0n) is 16.3. The first-order valence-corrected chi connectivity index (χ1v) is 10.6. The van der Waals surface area contributed by atoms with E-state index in [0.717, 1.165) is 5.69 Å². The van der Waals surface area contributed by atoms with Crippen LogP contribution in [0.1, 0.15) is 16.1 Å². The van der Waals surface area contributed by atoms with Gasteiger partial charge in [-0.15, -0.1) is 11.8 Å². The van der Waals surface area contributed by atoms with E-state index in [1.807, 2.05) is 30.2 Å². The molecule has 8 heteroatoms. The van der Waals surface area contributed by atoms with Gasteiger partial charge >= 0.3 is 0 Å². The van der Waals surface area contributed by atoms with E-state index >= 15 is 0 Å². The van der Waals surface area contributed by atoms with E-state index < -0.39 is 0 Å². The Hall–Kier alpha value is -3.00. The first-order chi connectivity index (χ1) is 14.1. The van der Waals surface area contributed by atoms with Crippen LogP contribution < -0.4 is 4.90 Å². The van der Waals surface area contributed by atoms with Crippen molar-refractivity contribution in [1.29, 1.82) is 0 Å². The van der Waals surface area contributed by atoms with E-state index in [2.05, 4.69) is 14.9 Å². The molecule has 2 aromatic heterocycles. The zero-order chi connectivity index (χ0) is 20.4. The molecule has 1 aliphatic heterocycles. The van der Waals surface area contributed by atoms with E-state index in [1.54, 1.807) is 30.5 Å². The van der Waals surface area contributed by atoms with Crippen molar-refractivity contribution in [2.45, 2.75) is 11.9 Å². The number of furan rings is 1. The molecule has 0 atom stereocenters. The van der Waals surface area contributed by atoms with Gasteiger partial charge in [0.15, 0.2) is 11.6 Å². The second-order valence-corrected chi connectivity index (χ2v) is 7.56. The van der Waals surface area contributed by atoms with Gasteiger partial charge in [0.2, 0.25) is 0 Å². The molecule has 3 heterocycles. The standard InChI is InChI=1S/C21H22N4O3S/c1-14-18(20(29-2)23-19(22-14)17-8-5-13-28-17)21(27)25-11-9-24(10-12-25)15-6-3-4-7-16(15)26/h3-8,13,26H,9-12H2,1-2H3. The number of anilines is 1. The van der Waals surface area contributed by atoms with Crippen LogP contribution in [0.4, 0.5) is 5.69 Å². The average Bonchev–Trinajstić information content (AvgIpc) is 3.28. The Bertz CT molecular complexity index is 1010. The van der Waals surface area contributed by atoms with Crippen LogP contribution in [0, 0.1) is 6.92 Å². The highest BCUT2D eigenvalue weighted by atomic mass is 32.2. The van der Waals surface area contributed by atoms with Crippen LogP contribution in [0.25, 0.3) is 11.6 Å². The largest absolute Gasteiger partial charge is 0.506 e. The van der Waals surface area contributed by atoms with Crippen LogP contribution in [0.15, 0.2) is 52.1 Å². The van der Waals surface area contributed by atoms with Crippen LogP contribution in [-0.2, 0) is 0 Å². The fourth-order valence-corrected chi connectivity index (χ4v) is 4.11. The summed E-state index contributed by atoms with van der Waals surface area (Å²) < 4.78 is 5.40. The third kappa shape index (κ3) is 3.80. The molecule has 0 aliphatic carbocycles. The molecule has 4 rings (SSSR count). The van der Waals surface area contributed by atoms with Gasteiger partial charge in [-0.3, -0.25) is 4.79 Å². The van der Waals surface area contributed by atoms with Crippen molar-refractivity contribution in [3.05, 3.63) is 53.9 Å². The number of phenols is 1. The van der Waals surface area contributed by atoms with Gasteiger partial charge in [-0.25, -0.2) is 9.97 Å². The fourth-order valence-electron chi connectivity index (χ4n) is 3.50. The van der Waals surface area contributed by atoms with E-state index in [1.165, 1.54) is 11.8 Å². The molecule has 1 amide bonds. The van der Waals surface area contributed by atoms with Gasteiger partial charge in [0.25, 0.3) is 5.91 Å². The number of aryl methyl sites for hydroxylation is 1. The Morgan fingerprint density at radius 2 is 1.86 bits per heavy atom.